The summed E-state index contributed by atoms with van der Waals surface area (Å²) in [7, 11) is 1.47. The molecule has 1 saturated heterocycles. The third-order valence-corrected chi connectivity index (χ3v) is 4.22. The molecule has 2 rings (SSSR count). The van der Waals surface area contributed by atoms with Crippen LogP contribution in [0.1, 0.15) is 45.4 Å². The molecule has 0 bridgehead atoms. The number of nitrogens with one attached hydrogen (secondary N) is 1. The summed E-state index contributed by atoms with van der Waals surface area (Å²) in [5, 5.41) is 3.51. The summed E-state index contributed by atoms with van der Waals surface area (Å²) in [5.41, 5.74) is 0. The molecule has 4 nitrogen and oxygen atoms in total. The SMILES string of the molecule is COC(=O)CC1CN(C2CCCCC2)CC(C)N1. The molecule has 18 heavy (non-hydrogen) atoms. The van der Waals surface area contributed by atoms with E-state index < -0.39 is 0 Å². The van der Waals surface area contributed by atoms with Gasteiger partial charge in [0.2, 0.25) is 0 Å². The van der Waals surface area contributed by atoms with Gasteiger partial charge < -0.3 is 10.1 Å². The van der Waals surface area contributed by atoms with E-state index in [0.29, 0.717) is 12.5 Å². The van der Waals surface area contributed by atoms with Gasteiger partial charge >= 0.3 is 5.97 Å². The zero-order chi connectivity index (χ0) is 13.0. The fraction of sp³-hybridized carbons (Fsp3) is 0.929. The van der Waals surface area contributed by atoms with Crippen LogP contribution in [-0.2, 0) is 9.53 Å². The second kappa shape index (κ2) is 6.53. The van der Waals surface area contributed by atoms with Gasteiger partial charge in [-0.3, -0.25) is 9.69 Å². The first-order valence-electron chi connectivity index (χ1n) is 7.26. The number of methoxy groups -OCH3 is 1. The highest BCUT2D eigenvalue weighted by molar-refractivity contribution is 5.70. The maximum Gasteiger partial charge on any atom is 0.307 e. The third-order valence-electron chi connectivity index (χ3n) is 4.22. The molecular formula is C14H26N2O2. The van der Waals surface area contributed by atoms with Crippen molar-refractivity contribution in [3.05, 3.63) is 0 Å². The van der Waals surface area contributed by atoms with Crippen molar-refractivity contribution in [1.82, 2.24) is 10.2 Å². The van der Waals surface area contributed by atoms with Gasteiger partial charge in [0.25, 0.3) is 0 Å². The van der Waals surface area contributed by atoms with E-state index >= 15 is 0 Å². The Hall–Kier alpha value is -0.610. The standard InChI is InChI=1S/C14H26N2O2/c1-11-9-16(13-6-4-3-5-7-13)10-12(15-11)8-14(17)18-2/h11-13,15H,3-10H2,1-2H3. The minimum absolute atomic E-state index is 0.106. The van der Waals surface area contributed by atoms with Crippen molar-refractivity contribution in [3.63, 3.8) is 0 Å². The minimum atomic E-state index is -0.106. The van der Waals surface area contributed by atoms with Crippen molar-refractivity contribution in [1.29, 1.82) is 0 Å². The van der Waals surface area contributed by atoms with Crippen LogP contribution in [-0.4, -0.2) is 49.2 Å². The zero-order valence-corrected chi connectivity index (χ0v) is 11.7. The highest BCUT2D eigenvalue weighted by atomic mass is 16.5. The Morgan fingerprint density at radius 3 is 2.67 bits per heavy atom. The first-order chi connectivity index (χ1) is 8.69. The maximum absolute atomic E-state index is 11.4. The van der Waals surface area contributed by atoms with Crippen LogP contribution in [0.25, 0.3) is 0 Å². The molecule has 0 spiro atoms. The third kappa shape index (κ3) is 3.69. The molecular weight excluding hydrogens is 228 g/mol. The van der Waals surface area contributed by atoms with Crippen molar-refractivity contribution >= 4 is 5.97 Å². The molecule has 4 heteroatoms. The largest absolute Gasteiger partial charge is 0.469 e. The predicted molar refractivity (Wildman–Crippen MR) is 71.5 cm³/mol. The molecule has 0 aromatic carbocycles. The van der Waals surface area contributed by atoms with E-state index in [-0.39, 0.29) is 12.0 Å². The van der Waals surface area contributed by atoms with Crippen LogP contribution in [0.2, 0.25) is 0 Å². The molecule has 1 saturated carbocycles. The van der Waals surface area contributed by atoms with Gasteiger partial charge in [-0.25, -0.2) is 0 Å². The van der Waals surface area contributed by atoms with Gasteiger partial charge in [-0.2, -0.15) is 0 Å². The molecule has 2 atom stereocenters. The quantitative estimate of drug-likeness (QED) is 0.776. The van der Waals surface area contributed by atoms with E-state index in [1.54, 1.807) is 0 Å². The number of piperazine rings is 1. The van der Waals surface area contributed by atoms with Crippen molar-refractivity contribution in [2.24, 2.45) is 0 Å². The number of hydrogen-bond donors (Lipinski definition) is 1. The Bertz CT molecular complexity index is 277. The number of esters is 1. The van der Waals surface area contributed by atoms with Gasteiger partial charge in [0.05, 0.1) is 13.5 Å². The molecule has 0 aromatic heterocycles. The van der Waals surface area contributed by atoms with E-state index in [2.05, 4.69) is 17.1 Å². The van der Waals surface area contributed by atoms with Crippen LogP contribution in [0, 0.1) is 0 Å². The zero-order valence-electron chi connectivity index (χ0n) is 11.7. The highest BCUT2D eigenvalue weighted by Gasteiger charge is 2.30. The molecule has 2 aliphatic rings. The van der Waals surface area contributed by atoms with Crippen LogP contribution in [0.4, 0.5) is 0 Å². The van der Waals surface area contributed by atoms with Crippen LogP contribution in [0.15, 0.2) is 0 Å². The monoisotopic (exact) mass is 254 g/mol. The van der Waals surface area contributed by atoms with Gasteiger partial charge in [0, 0.05) is 31.2 Å². The lowest BCUT2D eigenvalue weighted by Gasteiger charge is -2.43. The fourth-order valence-corrected chi connectivity index (χ4v) is 3.37. The normalized spacial score (nSPS) is 31.2. The second-order valence-electron chi connectivity index (χ2n) is 5.79. The van der Waals surface area contributed by atoms with Crippen molar-refractivity contribution < 1.29 is 9.53 Å². The number of rotatable bonds is 3. The maximum atomic E-state index is 11.4. The fourth-order valence-electron chi connectivity index (χ4n) is 3.37. The summed E-state index contributed by atoms with van der Waals surface area (Å²) in [6.07, 6.45) is 7.28. The highest BCUT2D eigenvalue weighted by Crippen LogP contribution is 2.24. The summed E-state index contributed by atoms with van der Waals surface area (Å²) < 4.78 is 4.77. The van der Waals surface area contributed by atoms with E-state index in [0.717, 1.165) is 19.1 Å². The molecule has 104 valence electrons. The minimum Gasteiger partial charge on any atom is -0.469 e. The van der Waals surface area contributed by atoms with E-state index in [1.165, 1.54) is 39.2 Å². The Labute approximate surface area is 110 Å². The Morgan fingerprint density at radius 1 is 1.28 bits per heavy atom. The predicted octanol–water partition coefficient (Wildman–Crippen LogP) is 1.54. The lowest BCUT2D eigenvalue weighted by molar-refractivity contribution is -0.141. The van der Waals surface area contributed by atoms with Crippen molar-refractivity contribution in [2.45, 2.75) is 63.6 Å². The molecule has 2 fully saturated rings. The number of carbonyl (C=O) groups is 1. The van der Waals surface area contributed by atoms with E-state index in [1.807, 2.05) is 0 Å². The Kier molecular flexibility index (Phi) is 5.01. The molecule has 2 unspecified atom stereocenters. The summed E-state index contributed by atoms with van der Waals surface area (Å²) in [5.74, 6) is -0.106. The second-order valence-corrected chi connectivity index (χ2v) is 5.79. The topological polar surface area (TPSA) is 41.6 Å². The first kappa shape index (κ1) is 13.8. The molecule has 1 aliphatic heterocycles. The van der Waals surface area contributed by atoms with Gasteiger partial charge in [0.15, 0.2) is 0 Å². The van der Waals surface area contributed by atoms with Crippen LogP contribution >= 0.6 is 0 Å². The summed E-state index contributed by atoms with van der Waals surface area (Å²) in [6, 6.07) is 1.46. The van der Waals surface area contributed by atoms with Gasteiger partial charge in [-0.15, -0.1) is 0 Å². The number of hydrogen-bond acceptors (Lipinski definition) is 4. The smallest absolute Gasteiger partial charge is 0.307 e. The number of ether oxygens (including phenoxy) is 1. The molecule has 0 radical (unpaired) electrons. The van der Waals surface area contributed by atoms with Gasteiger partial charge in [-0.05, 0) is 19.8 Å². The van der Waals surface area contributed by atoms with Crippen molar-refractivity contribution in [3.8, 4) is 0 Å². The average molecular weight is 254 g/mol. The molecule has 0 aromatic rings. The molecule has 1 heterocycles. The lowest BCUT2D eigenvalue weighted by atomic mass is 9.92. The number of carbonyl (C=O) groups excluding carboxylic acids is 1. The van der Waals surface area contributed by atoms with Crippen LogP contribution in [0.3, 0.4) is 0 Å². The average Bonchev–Trinajstić information content (AvgIpc) is 2.39. The lowest BCUT2D eigenvalue weighted by Crippen LogP contribution is -2.58. The Balaban J connectivity index is 1.88. The summed E-state index contributed by atoms with van der Waals surface area (Å²) in [4.78, 5) is 14.0. The summed E-state index contributed by atoms with van der Waals surface area (Å²) in [6.45, 7) is 4.31. The first-order valence-corrected chi connectivity index (χ1v) is 7.26. The molecule has 1 aliphatic carbocycles. The summed E-state index contributed by atoms with van der Waals surface area (Å²) >= 11 is 0. The van der Waals surface area contributed by atoms with Gasteiger partial charge in [0.1, 0.15) is 0 Å². The van der Waals surface area contributed by atoms with Gasteiger partial charge in [-0.1, -0.05) is 19.3 Å². The molecule has 0 amide bonds. The van der Waals surface area contributed by atoms with Crippen LogP contribution < -0.4 is 5.32 Å². The van der Waals surface area contributed by atoms with Crippen LogP contribution in [0.5, 0.6) is 0 Å². The number of nitrogens with zero attached hydrogens (tertiary/aromatic N) is 1. The van der Waals surface area contributed by atoms with E-state index in [9.17, 15) is 4.79 Å². The molecule has 1 N–H and O–H groups in total. The van der Waals surface area contributed by atoms with Crippen molar-refractivity contribution in [2.75, 3.05) is 20.2 Å². The Morgan fingerprint density at radius 2 is 2.00 bits per heavy atom. The van der Waals surface area contributed by atoms with E-state index in [4.69, 9.17) is 4.74 Å².